The van der Waals surface area contributed by atoms with Crippen LogP contribution in [0.5, 0.6) is 5.75 Å². The van der Waals surface area contributed by atoms with E-state index in [1.54, 1.807) is 7.11 Å². The van der Waals surface area contributed by atoms with Gasteiger partial charge in [-0.25, -0.2) is 0 Å². The summed E-state index contributed by atoms with van der Waals surface area (Å²) in [6.45, 7) is 2.44. The van der Waals surface area contributed by atoms with Crippen molar-refractivity contribution in [3.05, 3.63) is 29.8 Å². The summed E-state index contributed by atoms with van der Waals surface area (Å²) in [7, 11) is 1.74. The van der Waals surface area contributed by atoms with E-state index in [0.717, 1.165) is 34.8 Å². The molecule has 4 rings (SSSR count). The van der Waals surface area contributed by atoms with E-state index in [1.807, 2.05) is 0 Å². The summed E-state index contributed by atoms with van der Waals surface area (Å²) in [6, 6.07) is 8.74. The molecule has 2 unspecified atom stereocenters. The molecule has 0 heterocycles. The van der Waals surface area contributed by atoms with Crippen molar-refractivity contribution in [3.8, 4) is 5.75 Å². The summed E-state index contributed by atoms with van der Waals surface area (Å²) in [5, 5.41) is 0. The Morgan fingerprint density at radius 1 is 1.06 bits per heavy atom. The highest BCUT2D eigenvalue weighted by atomic mass is 16.5. The molecular weight excluding hydrogens is 220 g/mol. The molecule has 3 saturated carbocycles. The molecule has 3 aliphatic carbocycles. The molecule has 0 N–H and O–H groups in total. The quantitative estimate of drug-likeness (QED) is 0.754. The van der Waals surface area contributed by atoms with Crippen LogP contribution in [-0.4, -0.2) is 7.11 Å². The van der Waals surface area contributed by atoms with Crippen molar-refractivity contribution in [1.29, 1.82) is 0 Å². The van der Waals surface area contributed by atoms with Gasteiger partial charge < -0.3 is 4.74 Å². The number of methoxy groups -OCH3 is 1. The van der Waals surface area contributed by atoms with E-state index < -0.39 is 0 Å². The predicted octanol–water partition coefficient (Wildman–Crippen LogP) is 4.23. The first-order valence-electron chi connectivity index (χ1n) is 7.40. The lowest BCUT2D eigenvalue weighted by atomic mass is 9.71. The van der Waals surface area contributed by atoms with E-state index in [2.05, 4.69) is 31.2 Å². The fraction of sp³-hybridized carbons (Fsp3) is 0.647. The summed E-state index contributed by atoms with van der Waals surface area (Å²) >= 11 is 0. The smallest absolute Gasteiger partial charge is 0.118 e. The van der Waals surface area contributed by atoms with E-state index in [4.69, 9.17) is 4.74 Å². The van der Waals surface area contributed by atoms with Crippen LogP contribution in [0.3, 0.4) is 0 Å². The Kier molecular flexibility index (Phi) is 2.13. The molecule has 0 saturated heterocycles. The molecule has 1 aromatic carbocycles. The maximum Gasteiger partial charge on any atom is 0.118 e. The first-order chi connectivity index (χ1) is 8.76. The van der Waals surface area contributed by atoms with Crippen molar-refractivity contribution in [2.24, 2.45) is 23.2 Å². The maximum absolute atomic E-state index is 5.23. The third-order valence-electron chi connectivity index (χ3n) is 6.10. The van der Waals surface area contributed by atoms with Gasteiger partial charge in [0.15, 0.2) is 0 Å². The summed E-state index contributed by atoms with van der Waals surface area (Å²) in [4.78, 5) is 0. The standard InChI is InChI=1S/C17H22O/c1-11-15-16(11)17(15)9-7-13(8-10-17)12-3-5-14(18-2)6-4-12/h3-6,11,13,15-16H,7-10H2,1-2H3. The first-order valence-corrected chi connectivity index (χ1v) is 7.40. The van der Waals surface area contributed by atoms with Gasteiger partial charge >= 0.3 is 0 Å². The number of hydrogen-bond acceptors (Lipinski definition) is 1. The fourth-order valence-corrected chi connectivity index (χ4v) is 4.98. The van der Waals surface area contributed by atoms with E-state index in [1.165, 1.54) is 31.2 Å². The van der Waals surface area contributed by atoms with Crippen molar-refractivity contribution < 1.29 is 4.74 Å². The van der Waals surface area contributed by atoms with Gasteiger partial charge in [-0.05, 0) is 72.5 Å². The Labute approximate surface area is 110 Å². The largest absolute Gasteiger partial charge is 0.497 e. The molecule has 0 bridgehead atoms. The summed E-state index contributed by atoms with van der Waals surface area (Å²) in [6.07, 6.45) is 5.80. The molecule has 2 atom stereocenters. The third-order valence-corrected chi connectivity index (χ3v) is 6.10. The molecule has 3 fully saturated rings. The zero-order valence-corrected chi connectivity index (χ0v) is 11.4. The average molecular weight is 242 g/mol. The molecule has 0 amide bonds. The van der Waals surface area contributed by atoms with Crippen molar-refractivity contribution in [2.75, 3.05) is 7.11 Å². The van der Waals surface area contributed by atoms with Crippen molar-refractivity contribution in [2.45, 2.75) is 38.5 Å². The van der Waals surface area contributed by atoms with Crippen molar-refractivity contribution in [3.63, 3.8) is 0 Å². The van der Waals surface area contributed by atoms with Gasteiger partial charge in [-0.15, -0.1) is 0 Å². The van der Waals surface area contributed by atoms with Gasteiger partial charge in [0.25, 0.3) is 0 Å². The molecular formula is C17H22O. The lowest BCUT2D eigenvalue weighted by molar-refractivity contribution is 0.200. The minimum Gasteiger partial charge on any atom is -0.497 e. The van der Waals surface area contributed by atoms with Crippen LogP contribution in [0, 0.1) is 23.2 Å². The fourth-order valence-electron chi connectivity index (χ4n) is 4.98. The first kappa shape index (κ1) is 10.9. The topological polar surface area (TPSA) is 9.23 Å². The number of benzene rings is 1. The molecule has 18 heavy (non-hydrogen) atoms. The minimum absolute atomic E-state index is 0.803. The predicted molar refractivity (Wildman–Crippen MR) is 72.8 cm³/mol. The molecule has 1 aromatic rings. The molecule has 1 spiro atoms. The Morgan fingerprint density at radius 3 is 2.17 bits per heavy atom. The van der Waals surface area contributed by atoms with Gasteiger partial charge in [0.1, 0.15) is 5.75 Å². The van der Waals surface area contributed by atoms with Gasteiger partial charge in [0.2, 0.25) is 0 Å². The van der Waals surface area contributed by atoms with Crippen LogP contribution in [0.1, 0.15) is 44.1 Å². The average Bonchev–Trinajstić information content (AvgIpc) is 3.30. The Morgan fingerprint density at radius 2 is 1.67 bits per heavy atom. The van der Waals surface area contributed by atoms with Gasteiger partial charge in [-0.1, -0.05) is 19.1 Å². The Balaban J connectivity index is 1.42. The normalized spacial score (nSPS) is 44.6. The summed E-state index contributed by atoms with van der Waals surface area (Å²) < 4.78 is 5.23. The van der Waals surface area contributed by atoms with Crippen LogP contribution in [0.4, 0.5) is 0 Å². The third kappa shape index (κ3) is 1.34. The number of hydrogen-bond donors (Lipinski definition) is 0. The number of fused-ring (bicyclic) bond motifs is 3. The second-order valence-electron chi connectivity index (χ2n) is 6.69. The van der Waals surface area contributed by atoms with Crippen LogP contribution in [0.2, 0.25) is 0 Å². The van der Waals surface area contributed by atoms with Crippen LogP contribution in [0.25, 0.3) is 0 Å². The molecule has 1 nitrogen and oxygen atoms in total. The second kappa shape index (κ2) is 3.53. The lowest BCUT2D eigenvalue weighted by Crippen LogP contribution is -2.23. The Bertz CT molecular complexity index is 441. The van der Waals surface area contributed by atoms with E-state index in [0.29, 0.717) is 0 Å². The summed E-state index contributed by atoms with van der Waals surface area (Å²) in [5.41, 5.74) is 2.36. The zero-order valence-electron chi connectivity index (χ0n) is 11.4. The zero-order chi connectivity index (χ0) is 12.3. The van der Waals surface area contributed by atoms with Crippen molar-refractivity contribution >= 4 is 0 Å². The van der Waals surface area contributed by atoms with E-state index in [9.17, 15) is 0 Å². The van der Waals surface area contributed by atoms with Crippen LogP contribution < -0.4 is 4.74 Å². The molecule has 0 aliphatic heterocycles. The van der Waals surface area contributed by atoms with E-state index in [-0.39, 0.29) is 0 Å². The van der Waals surface area contributed by atoms with Crippen LogP contribution in [0.15, 0.2) is 24.3 Å². The van der Waals surface area contributed by atoms with Gasteiger partial charge in [0.05, 0.1) is 7.11 Å². The monoisotopic (exact) mass is 242 g/mol. The molecule has 0 aromatic heterocycles. The SMILES string of the molecule is COc1ccc(C2CCC3(CC2)C2C(C)C23)cc1. The molecule has 3 aliphatic rings. The van der Waals surface area contributed by atoms with Crippen LogP contribution >= 0.6 is 0 Å². The highest BCUT2D eigenvalue weighted by Gasteiger charge is 2.80. The minimum atomic E-state index is 0.803. The molecule has 96 valence electrons. The van der Waals surface area contributed by atoms with Crippen LogP contribution in [-0.2, 0) is 0 Å². The number of ether oxygens (including phenoxy) is 1. The van der Waals surface area contributed by atoms with Gasteiger partial charge in [0, 0.05) is 0 Å². The number of rotatable bonds is 2. The van der Waals surface area contributed by atoms with Crippen molar-refractivity contribution in [1.82, 2.24) is 0 Å². The maximum atomic E-state index is 5.23. The lowest BCUT2D eigenvalue weighted by Gasteiger charge is -2.34. The second-order valence-corrected chi connectivity index (χ2v) is 6.69. The molecule has 0 radical (unpaired) electrons. The highest BCUT2D eigenvalue weighted by molar-refractivity contribution is 5.32. The summed E-state index contributed by atoms with van der Waals surface area (Å²) in [5.74, 6) is 5.12. The van der Waals surface area contributed by atoms with Gasteiger partial charge in [-0.2, -0.15) is 0 Å². The highest BCUT2D eigenvalue weighted by Crippen LogP contribution is 2.85. The van der Waals surface area contributed by atoms with E-state index >= 15 is 0 Å². The molecule has 1 heteroatoms. The Hall–Kier alpha value is -0.980. The van der Waals surface area contributed by atoms with Gasteiger partial charge in [-0.3, -0.25) is 0 Å².